The van der Waals surface area contributed by atoms with Gasteiger partial charge in [-0.1, -0.05) is 0 Å². The fourth-order valence-electron chi connectivity index (χ4n) is 1.28. The topological polar surface area (TPSA) is 46.2 Å². The highest BCUT2D eigenvalue weighted by atomic mass is 19.2. The molecule has 2 nitrogen and oxygen atoms in total. The molecular weight excluding hydrogens is 207 g/mol. The third-order valence-corrected chi connectivity index (χ3v) is 2.16. The quantitative estimate of drug-likeness (QED) is 0.748. The summed E-state index contributed by atoms with van der Waals surface area (Å²) in [6, 6.07) is 1.83. The van der Waals surface area contributed by atoms with Crippen LogP contribution in [0.4, 0.5) is 13.2 Å². The summed E-state index contributed by atoms with van der Waals surface area (Å²) in [7, 11) is 0. The molecule has 0 spiro atoms. The fourth-order valence-corrected chi connectivity index (χ4v) is 1.28. The maximum atomic E-state index is 12.8. The molecule has 3 N–H and O–H groups in total. The van der Waals surface area contributed by atoms with Crippen LogP contribution in [0, 0.1) is 23.4 Å². The molecule has 0 aliphatic heterocycles. The molecule has 1 aromatic rings. The molecule has 1 rings (SSSR count). The largest absolute Gasteiger partial charge is 0.396 e. The molecule has 0 bridgehead atoms. The zero-order chi connectivity index (χ0) is 11.4. The Bertz CT molecular complexity index is 316. The van der Waals surface area contributed by atoms with Gasteiger partial charge in [0, 0.05) is 6.61 Å². The molecule has 5 heteroatoms. The molecule has 1 atom stereocenters. The zero-order valence-corrected chi connectivity index (χ0v) is 8.01. The van der Waals surface area contributed by atoms with Crippen molar-refractivity contribution in [2.24, 2.45) is 11.7 Å². The van der Waals surface area contributed by atoms with Gasteiger partial charge in [0.2, 0.25) is 0 Å². The van der Waals surface area contributed by atoms with E-state index in [0.717, 1.165) is 12.1 Å². The van der Waals surface area contributed by atoms with E-state index >= 15 is 0 Å². The van der Waals surface area contributed by atoms with Gasteiger partial charge in [0.1, 0.15) is 0 Å². The lowest BCUT2D eigenvalue weighted by molar-refractivity contribution is 0.229. The van der Waals surface area contributed by atoms with E-state index in [1.807, 2.05) is 0 Å². The van der Waals surface area contributed by atoms with Crippen molar-refractivity contribution in [1.29, 1.82) is 0 Å². The van der Waals surface area contributed by atoms with E-state index in [1.54, 1.807) is 0 Å². The van der Waals surface area contributed by atoms with E-state index in [4.69, 9.17) is 10.8 Å². The number of benzene rings is 1. The summed E-state index contributed by atoms with van der Waals surface area (Å²) in [6.07, 6.45) is 0.223. The number of nitrogens with two attached hydrogens (primary N) is 1. The fraction of sp³-hybridized carbons (Fsp3) is 0.400. The summed E-state index contributed by atoms with van der Waals surface area (Å²) in [5.74, 6) is -4.20. The first-order valence-corrected chi connectivity index (χ1v) is 4.52. The predicted octanol–water partition coefficient (Wildman–Crippen LogP) is 1.21. The summed E-state index contributed by atoms with van der Waals surface area (Å²) < 4.78 is 38.2. The summed E-state index contributed by atoms with van der Waals surface area (Å²) in [5, 5.41) is 8.84. The standard InChI is InChI=1S/C10H12F3NO/c11-8-2-6(1-7(4-14)5-15)3-9(12)10(8)13/h2-3,7,15H,1,4-5,14H2. The van der Waals surface area contributed by atoms with Crippen LogP contribution in [0.5, 0.6) is 0 Å². The first kappa shape index (κ1) is 12.0. The highest BCUT2D eigenvalue weighted by Crippen LogP contribution is 2.16. The van der Waals surface area contributed by atoms with Gasteiger partial charge in [-0.05, 0) is 36.6 Å². The Hall–Kier alpha value is -1.07. The van der Waals surface area contributed by atoms with Gasteiger partial charge in [-0.25, -0.2) is 13.2 Å². The summed E-state index contributed by atoms with van der Waals surface area (Å²) >= 11 is 0. The SMILES string of the molecule is NCC(CO)Cc1cc(F)c(F)c(F)c1. The zero-order valence-electron chi connectivity index (χ0n) is 8.01. The average Bonchev–Trinajstić information content (AvgIpc) is 2.22. The van der Waals surface area contributed by atoms with Crippen molar-refractivity contribution >= 4 is 0 Å². The smallest absolute Gasteiger partial charge is 0.194 e. The second kappa shape index (κ2) is 5.14. The summed E-state index contributed by atoms with van der Waals surface area (Å²) in [4.78, 5) is 0. The van der Waals surface area contributed by atoms with Crippen LogP contribution in [0.15, 0.2) is 12.1 Å². The Kier molecular flexibility index (Phi) is 4.11. The third-order valence-electron chi connectivity index (χ3n) is 2.16. The maximum absolute atomic E-state index is 12.8. The van der Waals surface area contributed by atoms with Crippen LogP contribution in [0.25, 0.3) is 0 Å². The second-order valence-electron chi connectivity index (χ2n) is 3.36. The van der Waals surface area contributed by atoms with Gasteiger partial charge in [0.15, 0.2) is 17.5 Å². The Morgan fingerprint density at radius 1 is 1.20 bits per heavy atom. The highest BCUT2D eigenvalue weighted by molar-refractivity contribution is 5.20. The Morgan fingerprint density at radius 2 is 1.73 bits per heavy atom. The minimum absolute atomic E-state index is 0.170. The minimum Gasteiger partial charge on any atom is -0.396 e. The molecule has 0 aromatic heterocycles. The van der Waals surface area contributed by atoms with Crippen LogP contribution in [0.1, 0.15) is 5.56 Å². The number of aliphatic hydroxyl groups is 1. The molecule has 1 unspecified atom stereocenters. The van der Waals surface area contributed by atoms with E-state index < -0.39 is 17.5 Å². The lowest BCUT2D eigenvalue weighted by Crippen LogP contribution is -2.20. The van der Waals surface area contributed by atoms with E-state index in [0.29, 0.717) is 0 Å². The van der Waals surface area contributed by atoms with E-state index in [1.165, 1.54) is 0 Å². The van der Waals surface area contributed by atoms with Gasteiger partial charge >= 0.3 is 0 Å². The van der Waals surface area contributed by atoms with Crippen molar-refractivity contribution in [1.82, 2.24) is 0 Å². The molecule has 0 fully saturated rings. The van der Waals surface area contributed by atoms with Crippen molar-refractivity contribution in [3.8, 4) is 0 Å². The van der Waals surface area contributed by atoms with Crippen LogP contribution in [0.2, 0.25) is 0 Å². The van der Waals surface area contributed by atoms with Crippen molar-refractivity contribution in [2.75, 3.05) is 13.2 Å². The van der Waals surface area contributed by atoms with E-state index in [9.17, 15) is 13.2 Å². The number of halogens is 3. The number of hydrogen-bond donors (Lipinski definition) is 2. The number of aliphatic hydroxyl groups excluding tert-OH is 1. The lowest BCUT2D eigenvalue weighted by atomic mass is 10.00. The van der Waals surface area contributed by atoms with Crippen molar-refractivity contribution < 1.29 is 18.3 Å². The Balaban J connectivity index is 2.87. The van der Waals surface area contributed by atoms with Gasteiger partial charge in [0.05, 0.1) is 0 Å². The monoisotopic (exact) mass is 219 g/mol. The molecule has 0 aliphatic rings. The summed E-state index contributed by atoms with van der Waals surface area (Å²) in [5.41, 5.74) is 5.60. The number of hydrogen-bond acceptors (Lipinski definition) is 2. The second-order valence-corrected chi connectivity index (χ2v) is 3.36. The molecule has 1 aromatic carbocycles. The van der Waals surface area contributed by atoms with Crippen LogP contribution < -0.4 is 5.73 Å². The molecule has 0 aliphatic carbocycles. The highest BCUT2D eigenvalue weighted by Gasteiger charge is 2.13. The molecule has 0 saturated heterocycles. The van der Waals surface area contributed by atoms with Crippen molar-refractivity contribution in [3.63, 3.8) is 0 Å². The van der Waals surface area contributed by atoms with Crippen LogP contribution in [-0.4, -0.2) is 18.3 Å². The molecule has 0 heterocycles. The van der Waals surface area contributed by atoms with Gasteiger partial charge in [0.25, 0.3) is 0 Å². The molecular formula is C10H12F3NO. The molecule has 0 amide bonds. The Morgan fingerprint density at radius 3 is 2.13 bits per heavy atom. The number of rotatable bonds is 4. The first-order valence-electron chi connectivity index (χ1n) is 4.52. The summed E-state index contributed by atoms with van der Waals surface area (Å²) in [6.45, 7) is 0.0359. The van der Waals surface area contributed by atoms with Crippen molar-refractivity contribution in [2.45, 2.75) is 6.42 Å². The lowest BCUT2D eigenvalue weighted by Gasteiger charge is -2.11. The third kappa shape index (κ3) is 2.94. The first-order chi connectivity index (χ1) is 7.08. The molecule has 84 valence electrons. The van der Waals surface area contributed by atoms with Crippen LogP contribution in [0.3, 0.4) is 0 Å². The van der Waals surface area contributed by atoms with Crippen LogP contribution >= 0.6 is 0 Å². The van der Waals surface area contributed by atoms with E-state index in [2.05, 4.69) is 0 Å². The van der Waals surface area contributed by atoms with Crippen molar-refractivity contribution in [3.05, 3.63) is 35.1 Å². The average molecular weight is 219 g/mol. The van der Waals surface area contributed by atoms with Gasteiger partial charge in [-0.15, -0.1) is 0 Å². The van der Waals surface area contributed by atoms with Gasteiger partial charge < -0.3 is 10.8 Å². The minimum atomic E-state index is -1.48. The maximum Gasteiger partial charge on any atom is 0.194 e. The molecule has 0 radical (unpaired) electrons. The predicted molar refractivity (Wildman–Crippen MR) is 49.7 cm³/mol. The van der Waals surface area contributed by atoms with E-state index in [-0.39, 0.29) is 31.1 Å². The molecule has 0 saturated carbocycles. The normalized spacial score (nSPS) is 12.9. The van der Waals surface area contributed by atoms with Gasteiger partial charge in [-0.2, -0.15) is 0 Å². The Labute approximate surface area is 85.5 Å². The van der Waals surface area contributed by atoms with Crippen LogP contribution in [-0.2, 0) is 6.42 Å². The van der Waals surface area contributed by atoms with Gasteiger partial charge in [-0.3, -0.25) is 0 Å². The molecule has 15 heavy (non-hydrogen) atoms.